The number of ether oxygens (including phenoxy) is 1. The molecule has 5 nitrogen and oxygen atoms in total. The van der Waals surface area contributed by atoms with Crippen LogP contribution in [0.4, 0.5) is 0 Å². The lowest BCUT2D eigenvalue weighted by atomic mass is 10.3. The van der Waals surface area contributed by atoms with Crippen LogP contribution in [0.15, 0.2) is 24.3 Å². The molecule has 1 amide bonds. The molecule has 0 saturated heterocycles. The van der Waals surface area contributed by atoms with Crippen LogP contribution >= 0.6 is 11.6 Å². The predicted octanol–water partition coefficient (Wildman–Crippen LogP) is 2.04. The van der Waals surface area contributed by atoms with Crippen LogP contribution in [0.25, 0.3) is 0 Å². The normalized spacial score (nSPS) is 10.0. The van der Waals surface area contributed by atoms with E-state index in [2.05, 4.69) is 0 Å². The topological polar surface area (TPSA) is 66.8 Å². The van der Waals surface area contributed by atoms with E-state index in [0.717, 1.165) is 0 Å². The Kier molecular flexibility index (Phi) is 6.15. The molecule has 0 atom stereocenters. The highest BCUT2D eigenvalue weighted by atomic mass is 35.5. The Morgan fingerprint density at radius 1 is 1.32 bits per heavy atom. The second-order valence-corrected chi connectivity index (χ2v) is 4.40. The number of amides is 1. The van der Waals surface area contributed by atoms with Crippen LogP contribution < -0.4 is 4.74 Å². The summed E-state index contributed by atoms with van der Waals surface area (Å²) in [4.78, 5) is 23.3. The summed E-state index contributed by atoms with van der Waals surface area (Å²) in [7, 11) is 1.61. The van der Waals surface area contributed by atoms with Crippen molar-refractivity contribution in [2.75, 3.05) is 20.2 Å². The smallest absolute Gasteiger partial charge is 0.303 e. The lowest BCUT2D eigenvalue weighted by Gasteiger charge is -2.17. The molecule has 0 saturated carbocycles. The fraction of sp³-hybridized carbons (Fsp3) is 0.385. The van der Waals surface area contributed by atoms with E-state index in [1.807, 2.05) is 6.07 Å². The molecule has 104 valence electrons. The van der Waals surface area contributed by atoms with Gasteiger partial charge in [0.05, 0.1) is 18.0 Å². The van der Waals surface area contributed by atoms with Crippen molar-refractivity contribution >= 4 is 23.5 Å². The number of carboxylic acids is 1. The minimum Gasteiger partial charge on any atom is -0.490 e. The van der Waals surface area contributed by atoms with E-state index in [4.69, 9.17) is 21.4 Å². The fourth-order valence-electron chi connectivity index (χ4n) is 1.38. The molecule has 0 aliphatic carbocycles. The van der Waals surface area contributed by atoms with Crippen molar-refractivity contribution < 1.29 is 19.4 Å². The van der Waals surface area contributed by atoms with Crippen LogP contribution in [0.3, 0.4) is 0 Å². The number of carbonyl (C=O) groups excluding carboxylic acids is 1. The largest absolute Gasteiger partial charge is 0.490 e. The standard InChI is InChI=1S/C13H16ClNO4/c1-15(12(16)6-7-13(17)18)8-9-19-11-5-3-2-4-10(11)14/h2-5H,6-9H2,1H3,(H,17,18). The minimum atomic E-state index is -0.978. The molecule has 1 rings (SSSR count). The molecule has 6 heteroatoms. The molecule has 1 aromatic carbocycles. The number of rotatable bonds is 7. The van der Waals surface area contributed by atoms with Gasteiger partial charge in [0.1, 0.15) is 12.4 Å². The Morgan fingerprint density at radius 2 is 2.00 bits per heavy atom. The number of aliphatic carboxylic acids is 1. The summed E-state index contributed by atoms with van der Waals surface area (Å²) in [5.41, 5.74) is 0. The van der Waals surface area contributed by atoms with E-state index in [0.29, 0.717) is 23.9 Å². The van der Waals surface area contributed by atoms with Crippen molar-refractivity contribution in [2.24, 2.45) is 0 Å². The first kappa shape index (κ1) is 15.3. The summed E-state index contributed by atoms with van der Waals surface area (Å²) < 4.78 is 5.44. The highest BCUT2D eigenvalue weighted by Crippen LogP contribution is 2.22. The highest BCUT2D eigenvalue weighted by molar-refractivity contribution is 6.32. The molecule has 0 spiro atoms. The van der Waals surface area contributed by atoms with Crippen molar-refractivity contribution in [3.05, 3.63) is 29.3 Å². The summed E-state index contributed by atoms with van der Waals surface area (Å²) in [5.74, 6) is -0.630. The molecule has 0 unspecified atom stereocenters. The van der Waals surface area contributed by atoms with E-state index in [-0.39, 0.29) is 18.7 Å². The van der Waals surface area contributed by atoms with Gasteiger partial charge in [-0.3, -0.25) is 9.59 Å². The number of para-hydroxylation sites is 1. The zero-order chi connectivity index (χ0) is 14.3. The average molecular weight is 286 g/mol. The molecule has 0 bridgehead atoms. The van der Waals surface area contributed by atoms with E-state index >= 15 is 0 Å². The van der Waals surface area contributed by atoms with Gasteiger partial charge in [0.2, 0.25) is 5.91 Å². The average Bonchev–Trinajstić information content (AvgIpc) is 2.38. The summed E-state index contributed by atoms with van der Waals surface area (Å²) in [6.07, 6.45) is -0.160. The van der Waals surface area contributed by atoms with Gasteiger partial charge in [-0.2, -0.15) is 0 Å². The first-order chi connectivity index (χ1) is 9.00. The van der Waals surface area contributed by atoms with Crippen LogP contribution in [0, 0.1) is 0 Å². The SMILES string of the molecule is CN(CCOc1ccccc1Cl)C(=O)CCC(=O)O. The maximum absolute atomic E-state index is 11.5. The van der Waals surface area contributed by atoms with E-state index < -0.39 is 5.97 Å². The second-order valence-electron chi connectivity index (χ2n) is 3.99. The monoisotopic (exact) mass is 285 g/mol. The van der Waals surface area contributed by atoms with Crippen LogP contribution in [0.5, 0.6) is 5.75 Å². The van der Waals surface area contributed by atoms with Gasteiger partial charge in [0.25, 0.3) is 0 Å². The second kappa shape index (κ2) is 7.63. The fourth-order valence-corrected chi connectivity index (χ4v) is 1.57. The zero-order valence-corrected chi connectivity index (χ0v) is 11.4. The number of halogens is 1. The first-order valence-corrected chi connectivity index (χ1v) is 6.21. The lowest BCUT2D eigenvalue weighted by molar-refractivity contribution is -0.140. The molecular weight excluding hydrogens is 270 g/mol. The van der Waals surface area contributed by atoms with Crippen LogP contribution in [0.2, 0.25) is 5.02 Å². The summed E-state index contributed by atoms with van der Waals surface area (Å²) in [6, 6.07) is 7.08. The van der Waals surface area contributed by atoms with Gasteiger partial charge in [0, 0.05) is 13.5 Å². The van der Waals surface area contributed by atoms with Crippen LogP contribution in [-0.4, -0.2) is 42.1 Å². The summed E-state index contributed by atoms with van der Waals surface area (Å²) in [5, 5.41) is 9.01. The van der Waals surface area contributed by atoms with Crippen LogP contribution in [0.1, 0.15) is 12.8 Å². The number of carbonyl (C=O) groups is 2. The summed E-state index contributed by atoms with van der Waals surface area (Å²) in [6.45, 7) is 0.683. The Bertz CT molecular complexity index is 450. The van der Waals surface area contributed by atoms with Gasteiger partial charge in [-0.05, 0) is 12.1 Å². The van der Waals surface area contributed by atoms with Gasteiger partial charge in [-0.1, -0.05) is 23.7 Å². The molecule has 0 fully saturated rings. The third-order valence-electron chi connectivity index (χ3n) is 2.50. The minimum absolute atomic E-state index is 0.00206. The quantitative estimate of drug-likeness (QED) is 0.832. The Hall–Kier alpha value is -1.75. The molecule has 0 aromatic heterocycles. The molecule has 0 aliphatic heterocycles. The van der Waals surface area contributed by atoms with Gasteiger partial charge < -0.3 is 14.7 Å². The Morgan fingerprint density at radius 3 is 2.63 bits per heavy atom. The zero-order valence-electron chi connectivity index (χ0n) is 10.6. The molecule has 0 radical (unpaired) electrons. The summed E-state index contributed by atoms with van der Waals surface area (Å²) >= 11 is 5.92. The van der Waals surface area contributed by atoms with Crippen LogP contribution in [-0.2, 0) is 9.59 Å². The van der Waals surface area contributed by atoms with Gasteiger partial charge in [-0.15, -0.1) is 0 Å². The number of nitrogens with zero attached hydrogens (tertiary/aromatic N) is 1. The third kappa shape index (κ3) is 5.61. The third-order valence-corrected chi connectivity index (χ3v) is 2.81. The predicted molar refractivity (Wildman–Crippen MR) is 71.5 cm³/mol. The first-order valence-electron chi connectivity index (χ1n) is 5.84. The molecule has 0 aliphatic rings. The number of likely N-dealkylation sites (N-methyl/N-ethyl adjacent to an activating group) is 1. The number of hydrogen-bond donors (Lipinski definition) is 1. The highest BCUT2D eigenvalue weighted by Gasteiger charge is 2.10. The number of benzene rings is 1. The van der Waals surface area contributed by atoms with E-state index in [1.165, 1.54) is 4.90 Å². The lowest BCUT2D eigenvalue weighted by Crippen LogP contribution is -2.31. The van der Waals surface area contributed by atoms with Gasteiger partial charge in [0.15, 0.2) is 0 Å². The Labute approximate surface area is 116 Å². The van der Waals surface area contributed by atoms with Gasteiger partial charge in [-0.25, -0.2) is 0 Å². The number of hydrogen-bond acceptors (Lipinski definition) is 3. The van der Waals surface area contributed by atoms with Gasteiger partial charge >= 0.3 is 5.97 Å². The number of carboxylic acid groups (broad SMARTS) is 1. The molecule has 1 aromatic rings. The van der Waals surface area contributed by atoms with Crippen molar-refractivity contribution in [3.8, 4) is 5.75 Å². The van der Waals surface area contributed by atoms with E-state index in [1.54, 1.807) is 25.2 Å². The maximum Gasteiger partial charge on any atom is 0.303 e. The Balaban J connectivity index is 2.30. The van der Waals surface area contributed by atoms with Crippen molar-refractivity contribution in [3.63, 3.8) is 0 Å². The van der Waals surface area contributed by atoms with Crippen molar-refractivity contribution in [1.82, 2.24) is 4.90 Å². The van der Waals surface area contributed by atoms with Crippen molar-refractivity contribution in [1.29, 1.82) is 0 Å². The molecule has 0 heterocycles. The maximum atomic E-state index is 11.5. The molecular formula is C13H16ClNO4. The molecule has 1 N–H and O–H groups in total. The molecule has 19 heavy (non-hydrogen) atoms. The van der Waals surface area contributed by atoms with Crippen molar-refractivity contribution in [2.45, 2.75) is 12.8 Å². The van der Waals surface area contributed by atoms with E-state index in [9.17, 15) is 9.59 Å².